The van der Waals surface area contributed by atoms with E-state index in [1.165, 1.54) is 12.8 Å². The number of nitrogens with one attached hydrogen (secondary N) is 2. The molecule has 2 aromatic carbocycles. The number of nitrogens with zero attached hydrogens (tertiary/aromatic N) is 1. The third-order valence-corrected chi connectivity index (χ3v) is 7.06. The highest BCUT2D eigenvalue weighted by Crippen LogP contribution is 2.38. The van der Waals surface area contributed by atoms with Gasteiger partial charge in [-0.1, -0.05) is 30.7 Å². The van der Waals surface area contributed by atoms with Gasteiger partial charge in [0.1, 0.15) is 0 Å². The Labute approximate surface area is 207 Å². The standard InChI is InChI=1S/C28H37N3O4/c1-3-21(17-27(32)33)22-8-11-26(31(18-20-6-7-20)24-12-14-35-15-13-24)25(16-22)30-28(34)29-23-9-4-19(2)5-10-23/h4-5,8-11,16,20-21,24H,3,6-7,12-15,17-18H2,1-2H3,(H,32,33)(H2,29,30,34). The maximum absolute atomic E-state index is 13.0. The summed E-state index contributed by atoms with van der Waals surface area (Å²) in [5.41, 5.74) is 4.51. The van der Waals surface area contributed by atoms with E-state index in [2.05, 4.69) is 21.6 Å². The van der Waals surface area contributed by atoms with Gasteiger partial charge < -0.3 is 25.4 Å². The number of aryl methyl sites for hydroxylation is 1. The molecule has 1 heterocycles. The molecule has 1 atom stereocenters. The fraction of sp³-hybridized carbons (Fsp3) is 0.500. The lowest BCUT2D eigenvalue weighted by Crippen LogP contribution is -2.41. The Hall–Kier alpha value is -3.06. The fourth-order valence-electron chi connectivity index (χ4n) is 4.81. The minimum Gasteiger partial charge on any atom is -0.481 e. The van der Waals surface area contributed by atoms with Crippen molar-refractivity contribution in [1.82, 2.24) is 0 Å². The molecule has 2 aromatic rings. The summed E-state index contributed by atoms with van der Waals surface area (Å²) in [5.74, 6) is -0.241. The van der Waals surface area contributed by atoms with Gasteiger partial charge in [-0.05, 0) is 80.7 Å². The molecule has 1 aliphatic heterocycles. The van der Waals surface area contributed by atoms with Crippen LogP contribution in [0.2, 0.25) is 0 Å². The Morgan fingerprint density at radius 1 is 1.06 bits per heavy atom. The van der Waals surface area contributed by atoms with Crippen LogP contribution in [0.15, 0.2) is 42.5 Å². The highest BCUT2D eigenvalue weighted by molar-refractivity contribution is 6.02. The molecule has 1 aliphatic carbocycles. The van der Waals surface area contributed by atoms with Crippen LogP contribution in [0.4, 0.5) is 21.9 Å². The first-order valence-electron chi connectivity index (χ1n) is 12.8. The second-order valence-corrected chi connectivity index (χ2v) is 9.86. The molecule has 2 amide bonds. The zero-order valence-electron chi connectivity index (χ0n) is 20.8. The number of hydrogen-bond donors (Lipinski definition) is 3. The zero-order chi connectivity index (χ0) is 24.8. The van der Waals surface area contributed by atoms with Crippen molar-refractivity contribution in [1.29, 1.82) is 0 Å². The van der Waals surface area contributed by atoms with E-state index >= 15 is 0 Å². The molecular formula is C28H37N3O4. The van der Waals surface area contributed by atoms with Crippen LogP contribution in [0.1, 0.15) is 62.5 Å². The maximum atomic E-state index is 13.0. The van der Waals surface area contributed by atoms with E-state index in [0.29, 0.717) is 18.4 Å². The molecule has 2 aliphatic rings. The molecule has 35 heavy (non-hydrogen) atoms. The summed E-state index contributed by atoms with van der Waals surface area (Å²) >= 11 is 0. The number of carbonyl (C=O) groups excluding carboxylic acids is 1. The number of urea groups is 1. The Balaban J connectivity index is 1.64. The predicted molar refractivity (Wildman–Crippen MR) is 139 cm³/mol. The van der Waals surface area contributed by atoms with Crippen LogP contribution in [0.5, 0.6) is 0 Å². The van der Waals surface area contributed by atoms with Crippen LogP contribution in [-0.2, 0) is 9.53 Å². The van der Waals surface area contributed by atoms with Gasteiger partial charge in [0.2, 0.25) is 0 Å². The number of benzene rings is 2. The molecule has 1 unspecified atom stereocenters. The topological polar surface area (TPSA) is 90.9 Å². The van der Waals surface area contributed by atoms with E-state index in [-0.39, 0.29) is 18.4 Å². The lowest BCUT2D eigenvalue weighted by Gasteiger charge is -2.37. The summed E-state index contributed by atoms with van der Waals surface area (Å²) in [7, 11) is 0. The number of amides is 2. The number of ether oxygens (including phenoxy) is 1. The van der Waals surface area contributed by atoms with Crippen LogP contribution in [0.3, 0.4) is 0 Å². The van der Waals surface area contributed by atoms with Crippen molar-refractivity contribution in [2.45, 2.75) is 64.3 Å². The second kappa shape index (κ2) is 11.6. The Kier molecular flexibility index (Phi) is 8.29. The van der Waals surface area contributed by atoms with Crippen molar-refractivity contribution in [2.75, 3.05) is 35.3 Å². The predicted octanol–water partition coefficient (Wildman–Crippen LogP) is 6.00. The molecule has 1 saturated heterocycles. The largest absolute Gasteiger partial charge is 0.481 e. The fourth-order valence-corrected chi connectivity index (χ4v) is 4.81. The van der Waals surface area contributed by atoms with E-state index in [0.717, 1.165) is 60.8 Å². The molecule has 1 saturated carbocycles. The lowest BCUT2D eigenvalue weighted by molar-refractivity contribution is -0.137. The zero-order valence-corrected chi connectivity index (χ0v) is 20.8. The molecule has 0 radical (unpaired) electrons. The smallest absolute Gasteiger partial charge is 0.323 e. The van der Waals surface area contributed by atoms with Crippen LogP contribution in [0.25, 0.3) is 0 Å². The third-order valence-electron chi connectivity index (χ3n) is 7.06. The first kappa shape index (κ1) is 25.0. The lowest BCUT2D eigenvalue weighted by atomic mass is 9.92. The molecule has 188 valence electrons. The van der Waals surface area contributed by atoms with Crippen molar-refractivity contribution in [2.24, 2.45) is 5.92 Å². The van der Waals surface area contributed by atoms with Crippen LogP contribution < -0.4 is 15.5 Å². The first-order valence-corrected chi connectivity index (χ1v) is 12.8. The maximum Gasteiger partial charge on any atom is 0.323 e. The molecule has 0 bridgehead atoms. The molecule has 0 aromatic heterocycles. The number of carbonyl (C=O) groups is 2. The van der Waals surface area contributed by atoms with Crippen molar-refractivity contribution in [3.63, 3.8) is 0 Å². The van der Waals surface area contributed by atoms with Crippen molar-refractivity contribution < 1.29 is 19.4 Å². The van der Waals surface area contributed by atoms with Gasteiger partial charge >= 0.3 is 12.0 Å². The SMILES string of the molecule is CCC(CC(=O)O)c1ccc(N(CC2CC2)C2CCOCC2)c(NC(=O)Nc2ccc(C)cc2)c1. The molecular weight excluding hydrogens is 442 g/mol. The van der Waals surface area contributed by atoms with Gasteiger partial charge in [-0.3, -0.25) is 4.79 Å². The summed E-state index contributed by atoms with van der Waals surface area (Å²) in [6.07, 6.45) is 5.18. The molecule has 2 fully saturated rings. The molecule has 7 heteroatoms. The summed E-state index contributed by atoms with van der Waals surface area (Å²) < 4.78 is 5.62. The van der Waals surface area contributed by atoms with E-state index in [1.807, 2.05) is 50.2 Å². The van der Waals surface area contributed by atoms with Gasteiger partial charge in [-0.25, -0.2) is 4.79 Å². The highest BCUT2D eigenvalue weighted by Gasteiger charge is 2.31. The van der Waals surface area contributed by atoms with E-state index < -0.39 is 5.97 Å². The number of aliphatic carboxylic acids is 1. The number of hydrogen-bond acceptors (Lipinski definition) is 4. The van der Waals surface area contributed by atoms with Crippen LogP contribution in [0, 0.1) is 12.8 Å². The Bertz CT molecular complexity index is 1010. The summed E-state index contributed by atoms with van der Waals surface area (Å²) in [6.45, 7) is 6.46. The second-order valence-electron chi connectivity index (χ2n) is 9.86. The van der Waals surface area contributed by atoms with Gasteiger partial charge in [-0.2, -0.15) is 0 Å². The average molecular weight is 480 g/mol. The quantitative estimate of drug-likeness (QED) is 0.389. The van der Waals surface area contributed by atoms with Gasteiger partial charge in [-0.15, -0.1) is 0 Å². The monoisotopic (exact) mass is 479 g/mol. The average Bonchev–Trinajstić information content (AvgIpc) is 3.67. The number of carboxylic acids is 1. The number of anilines is 3. The van der Waals surface area contributed by atoms with Crippen LogP contribution in [-0.4, -0.2) is 42.9 Å². The number of rotatable bonds is 10. The van der Waals surface area contributed by atoms with Gasteiger partial charge in [0.15, 0.2) is 0 Å². The van der Waals surface area contributed by atoms with Gasteiger partial charge in [0.25, 0.3) is 0 Å². The Morgan fingerprint density at radius 2 is 1.77 bits per heavy atom. The van der Waals surface area contributed by atoms with E-state index in [9.17, 15) is 14.7 Å². The normalized spacial score (nSPS) is 17.0. The molecule has 4 rings (SSSR count). The molecule has 7 nitrogen and oxygen atoms in total. The van der Waals surface area contributed by atoms with Gasteiger partial charge in [0, 0.05) is 31.5 Å². The number of carboxylic acid groups (broad SMARTS) is 1. The summed E-state index contributed by atoms with van der Waals surface area (Å²) in [4.78, 5) is 26.9. The van der Waals surface area contributed by atoms with Crippen LogP contribution >= 0.6 is 0 Å². The van der Waals surface area contributed by atoms with Gasteiger partial charge in [0.05, 0.1) is 17.8 Å². The first-order chi connectivity index (χ1) is 16.9. The molecule has 0 spiro atoms. The summed E-state index contributed by atoms with van der Waals surface area (Å²) in [5, 5.41) is 15.4. The van der Waals surface area contributed by atoms with E-state index in [1.54, 1.807) is 0 Å². The highest BCUT2D eigenvalue weighted by atomic mass is 16.5. The van der Waals surface area contributed by atoms with Crippen molar-refractivity contribution in [3.8, 4) is 0 Å². The minimum atomic E-state index is -0.815. The van der Waals surface area contributed by atoms with E-state index in [4.69, 9.17) is 4.74 Å². The third kappa shape index (κ3) is 6.98. The van der Waals surface area contributed by atoms with Crippen molar-refractivity contribution >= 4 is 29.1 Å². The summed E-state index contributed by atoms with van der Waals surface area (Å²) in [6, 6.07) is 13.8. The Morgan fingerprint density at radius 3 is 2.40 bits per heavy atom. The minimum absolute atomic E-state index is 0.0661. The molecule has 3 N–H and O–H groups in total. The van der Waals surface area contributed by atoms with Crippen molar-refractivity contribution in [3.05, 3.63) is 53.6 Å².